The molecule has 4 nitrogen and oxygen atoms in total. The van der Waals surface area contributed by atoms with Crippen molar-refractivity contribution in [2.45, 2.75) is 6.54 Å². The Morgan fingerprint density at radius 2 is 2.27 bits per heavy atom. The van der Waals surface area contributed by atoms with Crippen molar-refractivity contribution in [3.05, 3.63) is 43.2 Å². The van der Waals surface area contributed by atoms with Gasteiger partial charge < -0.3 is 0 Å². The Morgan fingerprint density at radius 3 is 2.93 bits per heavy atom. The van der Waals surface area contributed by atoms with E-state index in [-0.39, 0.29) is 10.0 Å². The van der Waals surface area contributed by atoms with Gasteiger partial charge in [-0.25, -0.2) is 9.67 Å². The lowest BCUT2D eigenvalue weighted by Crippen LogP contribution is -2.23. The van der Waals surface area contributed by atoms with E-state index in [2.05, 4.69) is 10.1 Å². The molecule has 0 bridgehead atoms. The van der Waals surface area contributed by atoms with Crippen LogP contribution in [0, 0.1) is 0 Å². The van der Waals surface area contributed by atoms with Crippen LogP contribution >= 0.6 is 34.5 Å². The number of thiazole rings is 1. The maximum absolute atomic E-state index is 11.6. The molecule has 0 atom stereocenters. The lowest BCUT2D eigenvalue weighted by molar-refractivity contribution is 0.636. The molecule has 0 spiro atoms. The number of hydrogen-bond donors (Lipinski definition) is 0. The summed E-state index contributed by atoms with van der Waals surface area (Å²) in [4.78, 5) is 15.6. The molecule has 2 heterocycles. The number of hydrogen-bond acceptors (Lipinski definition) is 4. The van der Waals surface area contributed by atoms with Crippen LogP contribution in [0.1, 0.15) is 5.01 Å². The van der Waals surface area contributed by atoms with Crippen LogP contribution in [-0.2, 0) is 6.54 Å². The lowest BCUT2D eigenvalue weighted by atomic mass is 10.5. The Kier molecular flexibility index (Phi) is 3.04. The summed E-state index contributed by atoms with van der Waals surface area (Å²) in [5.41, 5.74) is -0.403. The Labute approximate surface area is 99.1 Å². The van der Waals surface area contributed by atoms with Crippen LogP contribution < -0.4 is 5.56 Å². The van der Waals surface area contributed by atoms with Crippen LogP contribution in [0.5, 0.6) is 0 Å². The molecule has 2 aromatic heterocycles. The highest BCUT2D eigenvalue weighted by Crippen LogP contribution is 2.15. The highest BCUT2D eigenvalue weighted by atomic mass is 35.5. The molecule has 0 aliphatic rings. The predicted molar refractivity (Wildman–Crippen MR) is 59.7 cm³/mol. The van der Waals surface area contributed by atoms with Gasteiger partial charge in [0.25, 0.3) is 5.56 Å². The molecule has 0 N–H and O–H groups in total. The lowest BCUT2D eigenvalue weighted by Gasteiger charge is -2.02. The predicted octanol–water partition coefficient (Wildman–Crippen LogP) is 2.05. The van der Waals surface area contributed by atoms with E-state index in [9.17, 15) is 4.79 Å². The summed E-state index contributed by atoms with van der Waals surface area (Å²) < 4.78 is 1.23. The van der Waals surface area contributed by atoms with Gasteiger partial charge in [-0.2, -0.15) is 5.10 Å². The molecule has 0 aromatic carbocycles. The molecule has 0 radical (unpaired) electrons. The van der Waals surface area contributed by atoms with Gasteiger partial charge >= 0.3 is 0 Å². The molecule has 7 heteroatoms. The van der Waals surface area contributed by atoms with Crippen molar-refractivity contribution in [1.29, 1.82) is 0 Å². The third kappa shape index (κ3) is 2.19. The minimum atomic E-state index is -0.403. The van der Waals surface area contributed by atoms with Crippen molar-refractivity contribution in [2.75, 3.05) is 0 Å². The molecular weight excluding hydrogens is 257 g/mol. The molecule has 2 aromatic rings. The Bertz CT molecular complexity index is 523. The molecule has 0 fully saturated rings. The van der Waals surface area contributed by atoms with Crippen molar-refractivity contribution in [3.63, 3.8) is 0 Å². The van der Waals surface area contributed by atoms with Gasteiger partial charge in [-0.05, 0) is 0 Å². The average molecular weight is 262 g/mol. The van der Waals surface area contributed by atoms with E-state index in [0.29, 0.717) is 6.54 Å². The Hall–Kier alpha value is -0.910. The van der Waals surface area contributed by atoms with E-state index in [1.165, 1.54) is 22.2 Å². The maximum atomic E-state index is 11.6. The molecule has 0 aliphatic carbocycles. The van der Waals surface area contributed by atoms with E-state index in [4.69, 9.17) is 23.2 Å². The zero-order valence-corrected chi connectivity index (χ0v) is 9.68. The van der Waals surface area contributed by atoms with E-state index in [1.807, 2.05) is 5.38 Å². The molecule has 78 valence electrons. The van der Waals surface area contributed by atoms with E-state index in [0.717, 1.165) is 5.01 Å². The maximum Gasteiger partial charge on any atom is 0.287 e. The van der Waals surface area contributed by atoms with Crippen molar-refractivity contribution >= 4 is 34.5 Å². The number of nitrogens with zero attached hydrogens (tertiary/aromatic N) is 3. The number of aromatic nitrogens is 3. The van der Waals surface area contributed by atoms with Gasteiger partial charge in [0.15, 0.2) is 0 Å². The van der Waals surface area contributed by atoms with Gasteiger partial charge in [0.1, 0.15) is 10.0 Å². The SMILES string of the molecule is O=c1c(Cl)c(Cl)cnn1Cc1nccs1. The summed E-state index contributed by atoms with van der Waals surface area (Å²) in [7, 11) is 0. The molecule has 2 rings (SSSR count). The van der Waals surface area contributed by atoms with Crippen LogP contribution in [0.25, 0.3) is 0 Å². The normalized spacial score (nSPS) is 10.5. The molecular formula is C8H5Cl2N3OS. The molecule has 0 saturated heterocycles. The highest BCUT2D eigenvalue weighted by Gasteiger charge is 2.08. The summed E-state index contributed by atoms with van der Waals surface area (Å²) in [6.45, 7) is 0.313. The minimum Gasteiger partial charge on any atom is -0.266 e. The zero-order valence-electron chi connectivity index (χ0n) is 7.35. The summed E-state index contributed by atoms with van der Waals surface area (Å²) >= 11 is 12.8. The Morgan fingerprint density at radius 1 is 1.47 bits per heavy atom. The third-order valence-electron chi connectivity index (χ3n) is 1.71. The van der Waals surface area contributed by atoms with Crippen molar-refractivity contribution < 1.29 is 0 Å². The zero-order chi connectivity index (χ0) is 10.8. The first-order valence-electron chi connectivity index (χ1n) is 3.98. The van der Waals surface area contributed by atoms with Gasteiger partial charge in [-0.1, -0.05) is 23.2 Å². The van der Waals surface area contributed by atoms with Crippen LogP contribution in [0.3, 0.4) is 0 Å². The summed E-state index contributed by atoms with van der Waals surface area (Å²) in [5.74, 6) is 0. The van der Waals surface area contributed by atoms with Crippen LogP contribution in [-0.4, -0.2) is 14.8 Å². The molecule has 0 aliphatic heterocycles. The van der Waals surface area contributed by atoms with E-state index < -0.39 is 5.56 Å². The minimum absolute atomic E-state index is 0.0109. The van der Waals surface area contributed by atoms with Gasteiger partial charge in [0, 0.05) is 11.6 Å². The number of rotatable bonds is 2. The molecule has 15 heavy (non-hydrogen) atoms. The first-order valence-corrected chi connectivity index (χ1v) is 5.61. The fourth-order valence-electron chi connectivity index (χ4n) is 1.02. The largest absolute Gasteiger partial charge is 0.287 e. The van der Waals surface area contributed by atoms with Gasteiger partial charge in [0.05, 0.1) is 17.8 Å². The second kappa shape index (κ2) is 4.30. The molecule has 0 amide bonds. The summed E-state index contributed by atoms with van der Waals surface area (Å²) in [6, 6.07) is 0. The Balaban J connectivity index is 2.38. The molecule has 0 saturated carbocycles. The van der Waals surface area contributed by atoms with Crippen LogP contribution in [0.2, 0.25) is 10.0 Å². The standard InChI is InChI=1S/C8H5Cl2N3OS/c9-5-3-12-13(8(14)7(5)10)4-6-11-1-2-15-6/h1-3H,4H2. The van der Waals surface area contributed by atoms with Gasteiger partial charge in [0.2, 0.25) is 0 Å². The highest BCUT2D eigenvalue weighted by molar-refractivity contribution is 7.09. The first-order chi connectivity index (χ1) is 7.18. The van der Waals surface area contributed by atoms with Crippen molar-refractivity contribution in [3.8, 4) is 0 Å². The van der Waals surface area contributed by atoms with Gasteiger partial charge in [-0.15, -0.1) is 11.3 Å². The van der Waals surface area contributed by atoms with E-state index in [1.54, 1.807) is 6.20 Å². The smallest absolute Gasteiger partial charge is 0.266 e. The van der Waals surface area contributed by atoms with Gasteiger partial charge in [-0.3, -0.25) is 4.79 Å². The molecule has 0 unspecified atom stereocenters. The third-order valence-corrected chi connectivity index (χ3v) is 3.22. The summed E-state index contributed by atoms with van der Waals surface area (Å²) in [6.07, 6.45) is 3.02. The first kappa shape index (κ1) is 10.6. The van der Waals surface area contributed by atoms with Crippen LogP contribution in [0.4, 0.5) is 0 Å². The van der Waals surface area contributed by atoms with E-state index >= 15 is 0 Å². The fourth-order valence-corrected chi connectivity index (χ4v) is 1.88. The second-order valence-corrected chi connectivity index (χ2v) is 4.46. The number of halogens is 2. The van der Waals surface area contributed by atoms with Crippen LogP contribution in [0.15, 0.2) is 22.6 Å². The van der Waals surface area contributed by atoms with Crippen molar-refractivity contribution in [2.24, 2.45) is 0 Å². The average Bonchev–Trinajstić information content (AvgIpc) is 2.72. The second-order valence-electron chi connectivity index (χ2n) is 2.70. The monoisotopic (exact) mass is 261 g/mol. The quantitative estimate of drug-likeness (QED) is 0.832. The topological polar surface area (TPSA) is 47.8 Å². The summed E-state index contributed by atoms with van der Waals surface area (Å²) in [5, 5.41) is 6.65. The van der Waals surface area contributed by atoms with Crippen molar-refractivity contribution in [1.82, 2.24) is 14.8 Å². The fraction of sp³-hybridized carbons (Fsp3) is 0.125.